The average molecular weight is 228 g/mol. The fourth-order valence-electron chi connectivity index (χ4n) is 1.34. The minimum absolute atomic E-state index is 0.425. The molecule has 0 radical (unpaired) electrons. The Morgan fingerprint density at radius 3 is 2.20 bits per heavy atom. The Labute approximate surface area is 91.2 Å². The van der Waals surface area contributed by atoms with E-state index in [-0.39, 0.29) is 0 Å². The summed E-state index contributed by atoms with van der Waals surface area (Å²) in [4.78, 5) is 0. The van der Waals surface area contributed by atoms with Gasteiger partial charge in [-0.25, -0.2) is 0 Å². The third kappa shape index (κ3) is 4.01. The topological polar surface area (TPSA) is 43.4 Å². The van der Waals surface area contributed by atoms with Crippen LogP contribution in [0.1, 0.15) is 31.1 Å². The number of hydrogen-bond donors (Lipinski definition) is 0. The van der Waals surface area contributed by atoms with E-state index in [0.29, 0.717) is 0 Å². The minimum atomic E-state index is -3.39. The van der Waals surface area contributed by atoms with Crippen LogP contribution in [-0.2, 0) is 20.7 Å². The van der Waals surface area contributed by atoms with Gasteiger partial charge in [-0.15, -0.1) is 0 Å². The van der Waals surface area contributed by atoms with E-state index in [1.54, 1.807) is 6.92 Å². The Kier molecular flexibility index (Phi) is 3.88. The highest BCUT2D eigenvalue weighted by Gasteiger charge is 2.11. The Morgan fingerprint density at radius 1 is 1.27 bits per heavy atom. The highest BCUT2D eigenvalue weighted by atomic mass is 32.2. The Hall–Kier alpha value is -0.870. The Balaban J connectivity index is 2.78. The third-order valence-electron chi connectivity index (χ3n) is 2.18. The first-order valence-corrected chi connectivity index (χ1v) is 6.71. The van der Waals surface area contributed by atoms with E-state index in [2.05, 4.69) is 6.92 Å². The first-order valence-electron chi connectivity index (χ1n) is 4.89. The molecule has 1 unspecified atom stereocenters. The fraction of sp³-hybridized carbons (Fsp3) is 0.455. The second-order valence-electron chi connectivity index (χ2n) is 3.54. The van der Waals surface area contributed by atoms with E-state index in [9.17, 15) is 8.42 Å². The zero-order chi connectivity index (χ0) is 11.5. The van der Waals surface area contributed by atoms with E-state index in [1.165, 1.54) is 5.56 Å². The Bertz CT molecular complexity index is 406. The van der Waals surface area contributed by atoms with E-state index in [4.69, 9.17) is 4.18 Å². The monoisotopic (exact) mass is 228 g/mol. The highest BCUT2D eigenvalue weighted by Crippen LogP contribution is 2.19. The summed E-state index contributed by atoms with van der Waals surface area (Å²) >= 11 is 0. The van der Waals surface area contributed by atoms with Crippen molar-refractivity contribution in [1.82, 2.24) is 0 Å². The van der Waals surface area contributed by atoms with Crippen LogP contribution in [0.15, 0.2) is 24.3 Å². The van der Waals surface area contributed by atoms with Crippen LogP contribution < -0.4 is 0 Å². The molecule has 1 rings (SSSR count). The summed E-state index contributed by atoms with van der Waals surface area (Å²) in [5.41, 5.74) is 2.10. The van der Waals surface area contributed by atoms with Gasteiger partial charge in [0, 0.05) is 0 Å². The molecule has 0 spiro atoms. The zero-order valence-corrected chi connectivity index (χ0v) is 10.0. The third-order valence-corrected chi connectivity index (χ3v) is 2.81. The molecule has 0 aliphatic carbocycles. The first-order chi connectivity index (χ1) is 6.92. The van der Waals surface area contributed by atoms with E-state index >= 15 is 0 Å². The lowest BCUT2D eigenvalue weighted by atomic mass is 10.1. The van der Waals surface area contributed by atoms with Gasteiger partial charge in [-0.1, -0.05) is 31.2 Å². The molecular weight excluding hydrogens is 212 g/mol. The normalized spacial score (nSPS) is 13.8. The van der Waals surface area contributed by atoms with Gasteiger partial charge in [-0.05, 0) is 24.5 Å². The molecule has 0 aromatic heterocycles. The minimum Gasteiger partial charge on any atom is -0.262 e. The van der Waals surface area contributed by atoms with Gasteiger partial charge in [0.05, 0.1) is 12.4 Å². The summed E-state index contributed by atoms with van der Waals surface area (Å²) in [6.07, 6.45) is 1.61. The van der Waals surface area contributed by atoms with E-state index in [1.807, 2.05) is 24.3 Å². The molecule has 1 aromatic carbocycles. The molecular formula is C11H16O3S. The maximum absolute atomic E-state index is 10.9. The zero-order valence-electron chi connectivity index (χ0n) is 9.23. The molecule has 0 saturated heterocycles. The second kappa shape index (κ2) is 4.77. The average Bonchev–Trinajstić information content (AvgIpc) is 2.15. The van der Waals surface area contributed by atoms with Gasteiger partial charge in [-0.2, -0.15) is 8.42 Å². The number of aryl methyl sites for hydroxylation is 1. The molecule has 0 aliphatic heterocycles. The van der Waals surface area contributed by atoms with Crippen molar-refractivity contribution >= 4 is 10.1 Å². The van der Waals surface area contributed by atoms with Gasteiger partial charge in [-0.3, -0.25) is 4.18 Å². The summed E-state index contributed by atoms with van der Waals surface area (Å²) < 4.78 is 26.7. The van der Waals surface area contributed by atoms with Crippen LogP contribution in [-0.4, -0.2) is 14.7 Å². The molecule has 0 heterocycles. The lowest BCUT2D eigenvalue weighted by molar-refractivity contribution is 0.236. The predicted molar refractivity (Wildman–Crippen MR) is 60.2 cm³/mol. The van der Waals surface area contributed by atoms with Crippen molar-refractivity contribution in [3.05, 3.63) is 35.4 Å². The van der Waals surface area contributed by atoms with E-state index < -0.39 is 16.2 Å². The van der Waals surface area contributed by atoms with Crippen molar-refractivity contribution in [3.63, 3.8) is 0 Å². The number of hydrogen-bond acceptors (Lipinski definition) is 3. The summed E-state index contributed by atoms with van der Waals surface area (Å²) in [6.45, 7) is 3.80. The summed E-state index contributed by atoms with van der Waals surface area (Å²) in [5.74, 6) is 0. The number of rotatable bonds is 4. The quantitative estimate of drug-likeness (QED) is 0.743. The molecule has 0 saturated carbocycles. The van der Waals surface area contributed by atoms with Crippen LogP contribution >= 0.6 is 0 Å². The summed E-state index contributed by atoms with van der Waals surface area (Å²) in [7, 11) is -3.39. The van der Waals surface area contributed by atoms with Crippen LogP contribution in [0.3, 0.4) is 0 Å². The van der Waals surface area contributed by atoms with Gasteiger partial charge in [0.25, 0.3) is 10.1 Å². The molecule has 15 heavy (non-hydrogen) atoms. The smallest absolute Gasteiger partial charge is 0.262 e. The standard InChI is InChI=1S/C11H16O3S/c1-4-10-5-7-11(8-6-10)9(2)14-15(3,12)13/h5-9H,4H2,1-3H3. The van der Waals surface area contributed by atoms with Crippen molar-refractivity contribution in [1.29, 1.82) is 0 Å². The molecule has 0 amide bonds. The van der Waals surface area contributed by atoms with Gasteiger partial charge in [0.15, 0.2) is 0 Å². The highest BCUT2D eigenvalue weighted by molar-refractivity contribution is 7.86. The van der Waals surface area contributed by atoms with Crippen LogP contribution in [0.5, 0.6) is 0 Å². The van der Waals surface area contributed by atoms with Crippen LogP contribution in [0, 0.1) is 0 Å². The SMILES string of the molecule is CCc1ccc(C(C)OS(C)(=O)=O)cc1. The molecule has 0 N–H and O–H groups in total. The van der Waals surface area contributed by atoms with Crippen LogP contribution in [0.2, 0.25) is 0 Å². The van der Waals surface area contributed by atoms with Crippen molar-refractivity contribution < 1.29 is 12.6 Å². The van der Waals surface area contributed by atoms with Crippen molar-refractivity contribution in [3.8, 4) is 0 Å². The van der Waals surface area contributed by atoms with Crippen molar-refractivity contribution in [2.24, 2.45) is 0 Å². The molecule has 0 aliphatic rings. The van der Waals surface area contributed by atoms with Crippen molar-refractivity contribution in [2.45, 2.75) is 26.4 Å². The van der Waals surface area contributed by atoms with E-state index in [0.717, 1.165) is 18.2 Å². The molecule has 0 bridgehead atoms. The van der Waals surface area contributed by atoms with Gasteiger partial charge in [0.2, 0.25) is 0 Å². The molecule has 4 heteroatoms. The summed E-state index contributed by atoms with van der Waals surface area (Å²) in [5, 5.41) is 0. The lowest BCUT2D eigenvalue weighted by Gasteiger charge is -2.11. The van der Waals surface area contributed by atoms with Gasteiger partial charge >= 0.3 is 0 Å². The largest absolute Gasteiger partial charge is 0.264 e. The predicted octanol–water partition coefficient (Wildman–Crippen LogP) is 2.29. The molecule has 84 valence electrons. The maximum atomic E-state index is 10.9. The molecule has 1 aromatic rings. The van der Waals surface area contributed by atoms with Gasteiger partial charge < -0.3 is 0 Å². The van der Waals surface area contributed by atoms with Crippen LogP contribution in [0.4, 0.5) is 0 Å². The Morgan fingerprint density at radius 2 is 1.80 bits per heavy atom. The number of benzene rings is 1. The van der Waals surface area contributed by atoms with Crippen LogP contribution in [0.25, 0.3) is 0 Å². The molecule has 0 fully saturated rings. The fourth-order valence-corrected chi connectivity index (χ4v) is 1.98. The molecule has 1 atom stereocenters. The lowest BCUT2D eigenvalue weighted by Crippen LogP contribution is -2.07. The maximum Gasteiger partial charge on any atom is 0.264 e. The second-order valence-corrected chi connectivity index (χ2v) is 5.14. The van der Waals surface area contributed by atoms with Gasteiger partial charge in [0.1, 0.15) is 0 Å². The van der Waals surface area contributed by atoms with Crippen molar-refractivity contribution in [2.75, 3.05) is 6.26 Å². The molecule has 3 nitrogen and oxygen atoms in total. The first kappa shape index (κ1) is 12.2. The summed E-state index contributed by atoms with van der Waals surface area (Å²) in [6, 6.07) is 7.76.